The van der Waals surface area contributed by atoms with E-state index in [0.717, 1.165) is 17.8 Å². The summed E-state index contributed by atoms with van der Waals surface area (Å²) in [6.45, 7) is 5.98. The van der Waals surface area contributed by atoms with Crippen LogP contribution in [0.2, 0.25) is 0 Å². The molecule has 0 bridgehead atoms. The maximum Gasteiger partial charge on any atom is 0.251 e. The number of hydrogen-bond donors (Lipinski definition) is 2. The van der Waals surface area contributed by atoms with Gasteiger partial charge in [0.1, 0.15) is 0 Å². The van der Waals surface area contributed by atoms with Gasteiger partial charge < -0.3 is 10.3 Å². The Balaban J connectivity index is 2.08. The average molecular weight is 345 g/mol. The second kappa shape index (κ2) is 8.68. The van der Waals surface area contributed by atoms with E-state index in [9.17, 15) is 9.59 Å². The van der Waals surface area contributed by atoms with Crippen molar-refractivity contribution in [3.63, 3.8) is 0 Å². The van der Waals surface area contributed by atoms with Crippen molar-refractivity contribution < 1.29 is 4.79 Å². The van der Waals surface area contributed by atoms with Gasteiger partial charge in [0.15, 0.2) is 5.16 Å². The van der Waals surface area contributed by atoms with Crippen molar-refractivity contribution in [1.29, 1.82) is 0 Å². The zero-order valence-corrected chi connectivity index (χ0v) is 15.1. The highest BCUT2D eigenvalue weighted by Gasteiger charge is 2.19. The second-order valence-corrected chi connectivity index (χ2v) is 6.64. The summed E-state index contributed by atoms with van der Waals surface area (Å²) in [5.41, 5.74) is 2.55. The predicted octanol–water partition coefficient (Wildman–Crippen LogP) is 3.40. The molecule has 6 heteroatoms. The monoisotopic (exact) mass is 345 g/mol. The Labute approximate surface area is 146 Å². The van der Waals surface area contributed by atoms with Crippen LogP contribution in [0, 0.1) is 0 Å². The van der Waals surface area contributed by atoms with Crippen LogP contribution in [0.5, 0.6) is 0 Å². The van der Waals surface area contributed by atoms with E-state index in [1.165, 1.54) is 23.4 Å². The molecule has 0 spiro atoms. The normalized spacial score (nSPS) is 12.0. The number of aromatic amines is 1. The fraction of sp³-hybridized carbons (Fsp3) is 0.389. The van der Waals surface area contributed by atoms with Crippen LogP contribution in [-0.2, 0) is 17.6 Å². The van der Waals surface area contributed by atoms with Crippen LogP contribution in [0.4, 0.5) is 5.69 Å². The molecule has 2 rings (SSSR count). The lowest BCUT2D eigenvalue weighted by molar-refractivity contribution is -0.115. The Morgan fingerprint density at radius 1 is 1.21 bits per heavy atom. The maximum absolute atomic E-state index is 12.5. The lowest BCUT2D eigenvalue weighted by Gasteiger charge is -2.14. The number of carbonyl (C=O) groups excluding carboxylic acids is 1. The summed E-state index contributed by atoms with van der Waals surface area (Å²) < 4.78 is 0. The minimum Gasteiger partial charge on any atom is -0.325 e. The van der Waals surface area contributed by atoms with Gasteiger partial charge in [-0.2, -0.15) is 0 Å². The molecule has 0 aliphatic heterocycles. The second-order valence-electron chi connectivity index (χ2n) is 5.45. The van der Waals surface area contributed by atoms with Gasteiger partial charge in [-0.25, -0.2) is 4.98 Å². The third kappa shape index (κ3) is 4.96. The van der Waals surface area contributed by atoms with E-state index in [2.05, 4.69) is 22.2 Å². The smallest absolute Gasteiger partial charge is 0.251 e. The van der Waals surface area contributed by atoms with Crippen LogP contribution >= 0.6 is 11.8 Å². The average Bonchev–Trinajstić information content (AvgIpc) is 2.59. The molecular weight excluding hydrogens is 322 g/mol. The number of nitrogens with one attached hydrogen (secondary N) is 2. The van der Waals surface area contributed by atoms with Gasteiger partial charge in [0.2, 0.25) is 5.91 Å². The molecule has 0 aliphatic rings. The highest BCUT2D eigenvalue weighted by atomic mass is 32.2. The van der Waals surface area contributed by atoms with Crippen molar-refractivity contribution in [2.45, 2.75) is 50.4 Å². The topological polar surface area (TPSA) is 74.8 Å². The van der Waals surface area contributed by atoms with Crippen LogP contribution in [0.3, 0.4) is 0 Å². The van der Waals surface area contributed by atoms with E-state index in [-0.39, 0.29) is 16.7 Å². The van der Waals surface area contributed by atoms with E-state index in [4.69, 9.17) is 0 Å². The number of hydrogen-bond acceptors (Lipinski definition) is 4. The third-order valence-corrected chi connectivity index (χ3v) is 4.93. The van der Waals surface area contributed by atoms with Gasteiger partial charge in [-0.15, -0.1) is 0 Å². The molecule has 2 aromatic rings. The maximum atomic E-state index is 12.5. The summed E-state index contributed by atoms with van der Waals surface area (Å²) in [6.07, 6.45) is 2.29. The van der Waals surface area contributed by atoms with Gasteiger partial charge in [-0.05, 0) is 37.0 Å². The number of rotatable bonds is 7. The first-order valence-corrected chi connectivity index (χ1v) is 9.10. The number of nitrogens with zero attached hydrogens (tertiary/aromatic N) is 1. The molecule has 1 aromatic carbocycles. The van der Waals surface area contributed by atoms with Crippen LogP contribution in [0.1, 0.15) is 38.4 Å². The molecule has 1 heterocycles. The number of benzene rings is 1. The molecule has 24 heavy (non-hydrogen) atoms. The molecule has 0 aliphatic carbocycles. The van der Waals surface area contributed by atoms with Crippen LogP contribution in [0.25, 0.3) is 0 Å². The molecule has 0 saturated carbocycles. The summed E-state index contributed by atoms with van der Waals surface area (Å²) in [5, 5.41) is 3.10. The number of amides is 1. The molecular formula is C18H23N3O2S. The van der Waals surface area contributed by atoms with E-state index < -0.39 is 0 Å². The molecule has 1 amide bonds. The van der Waals surface area contributed by atoms with E-state index in [1.54, 1.807) is 0 Å². The molecule has 2 N–H and O–H groups in total. The molecule has 128 valence electrons. The first-order valence-electron chi connectivity index (χ1n) is 8.22. The summed E-state index contributed by atoms with van der Waals surface area (Å²) in [5.74, 6) is -0.0868. The molecule has 0 saturated heterocycles. The molecule has 0 radical (unpaired) electrons. The van der Waals surface area contributed by atoms with Crippen LogP contribution in [-0.4, -0.2) is 21.1 Å². The Kier molecular flexibility index (Phi) is 6.61. The number of aromatic nitrogens is 2. The number of thioether (sulfide) groups is 1. The lowest BCUT2D eigenvalue weighted by atomic mass is 10.1. The summed E-state index contributed by atoms with van der Waals surface area (Å²) in [6, 6.07) is 9.32. The number of H-pyrrole nitrogens is 1. The summed E-state index contributed by atoms with van der Waals surface area (Å²) >= 11 is 1.29. The molecule has 5 nitrogen and oxygen atoms in total. The largest absolute Gasteiger partial charge is 0.325 e. The van der Waals surface area contributed by atoms with Crippen molar-refractivity contribution in [2.24, 2.45) is 0 Å². The molecule has 1 aromatic heterocycles. The van der Waals surface area contributed by atoms with Gasteiger partial charge in [0.25, 0.3) is 5.56 Å². The van der Waals surface area contributed by atoms with Gasteiger partial charge >= 0.3 is 0 Å². The van der Waals surface area contributed by atoms with Crippen molar-refractivity contribution >= 4 is 23.4 Å². The Hall–Kier alpha value is -2.08. The van der Waals surface area contributed by atoms with Gasteiger partial charge in [-0.1, -0.05) is 44.7 Å². The fourth-order valence-electron chi connectivity index (χ4n) is 2.22. The van der Waals surface area contributed by atoms with Gasteiger partial charge in [-0.3, -0.25) is 9.59 Å². The van der Waals surface area contributed by atoms with Crippen molar-refractivity contribution in [2.75, 3.05) is 5.32 Å². The van der Waals surface area contributed by atoms with Gasteiger partial charge in [0.05, 0.1) is 5.25 Å². The molecule has 1 atom stereocenters. The predicted molar refractivity (Wildman–Crippen MR) is 98.6 cm³/mol. The highest BCUT2D eigenvalue weighted by molar-refractivity contribution is 8.00. The van der Waals surface area contributed by atoms with Gasteiger partial charge in [0, 0.05) is 17.4 Å². The van der Waals surface area contributed by atoms with Crippen molar-refractivity contribution in [3.8, 4) is 0 Å². The number of carbonyl (C=O) groups is 1. The quantitative estimate of drug-likeness (QED) is 0.596. The van der Waals surface area contributed by atoms with Crippen LogP contribution < -0.4 is 10.9 Å². The standard InChI is InChI=1S/C18H23N3O2S/c1-4-12-7-9-14(10-8-12)19-17(23)15(6-3)24-18-20-13(5-2)11-16(22)21-18/h7-11,15H,4-6H2,1-3H3,(H,19,23)(H,20,21,22). The minimum atomic E-state index is -0.314. The number of anilines is 1. The zero-order valence-electron chi connectivity index (χ0n) is 14.3. The molecule has 0 fully saturated rings. The SMILES string of the molecule is CCc1ccc(NC(=O)C(CC)Sc2nc(CC)cc(=O)[nH]2)cc1. The summed E-state index contributed by atoms with van der Waals surface area (Å²) in [4.78, 5) is 31.2. The summed E-state index contributed by atoms with van der Waals surface area (Å²) in [7, 11) is 0. The van der Waals surface area contributed by atoms with E-state index >= 15 is 0 Å². The first kappa shape index (κ1) is 18.3. The van der Waals surface area contributed by atoms with E-state index in [1.807, 2.05) is 38.1 Å². The zero-order chi connectivity index (χ0) is 17.5. The molecule has 1 unspecified atom stereocenters. The highest BCUT2D eigenvalue weighted by Crippen LogP contribution is 2.23. The van der Waals surface area contributed by atoms with Crippen molar-refractivity contribution in [3.05, 3.63) is 51.9 Å². The Bertz CT molecular complexity index is 741. The fourth-order valence-corrected chi connectivity index (χ4v) is 3.16. The third-order valence-electron chi connectivity index (χ3n) is 3.68. The first-order chi connectivity index (χ1) is 11.5. The Morgan fingerprint density at radius 3 is 2.50 bits per heavy atom. The van der Waals surface area contributed by atoms with Crippen LogP contribution in [0.15, 0.2) is 40.3 Å². The van der Waals surface area contributed by atoms with E-state index in [0.29, 0.717) is 18.0 Å². The Morgan fingerprint density at radius 2 is 1.92 bits per heavy atom. The minimum absolute atomic E-state index is 0.0868. The lowest BCUT2D eigenvalue weighted by Crippen LogP contribution is -2.25. The number of aryl methyl sites for hydroxylation is 2. The van der Waals surface area contributed by atoms with Crippen molar-refractivity contribution in [1.82, 2.24) is 9.97 Å².